The Morgan fingerprint density at radius 1 is 0.767 bits per heavy atom. The third-order valence-electron chi connectivity index (χ3n) is 3.37. The van der Waals surface area contributed by atoms with E-state index in [-0.39, 0.29) is 16.3 Å². The largest absolute Gasteiger partial charge is 0.460 e. The number of nitrogens with zero attached hydrogens (tertiary/aromatic N) is 2. The summed E-state index contributed by atoms with van der Waals surface area (Å²) >= 11 is 0.280. The van der Waals surface area contributed by atoms with Crippen molar-refractivity contribution < 1.29 is 61.9 Å². The molecule has 4 nitrogen and oxygen atoms in total. The number of rotatable bonds is 7. The van der Waals surface area contributed by atoms with E-state index in [1.54, 1.807) is 0 Å². The van der Waals surface area contributed by atoms with E-state index in [0.717, 1.165) is 5.32 Å². The minimum Gasteiger partial charge on any atom is -0.295 e. The van der Waals surface area contributed by atoms with E-state index >= 15 is 0 Å². The van der Waals surface area contributed by atoms with E-state index in [1.807, 2.05) is 0 Å². The van der Waals surface area contributed by atoms with Gasteiger partial charge in [-0.15, -0.1) is 10.2 Å². The molecule has 18 heteroatoms. The Morgan fingerprint density at radius 3 is 1.57 bits per heavy atom. The molecule has 0 spiro atoms. The van der Waals surface area contributed by atoms with Crippen LogP contribution in [0, 0.1) is 0 Å². The van der Waals surface area contributed by atoms with Gasteiger partial charge in [0.1, 0.15) is 5.01 Å². The van der Waals surface area contributed by atoms with Crippen LogP contribution in [0.2, 0.25) is 0 Å². The van der Waals surface area contributed by atoms with Gasteiger partial charge in [-0.1, -0.05) is 25.2 Å². The van der Waals surface area contributed by atoms with Crippen LogP contribution in [-0.2, 0) is 4.79 Å². The number of hydrogen-bond donors (Lipinski definition) is 1. The van der Waals surface area contributed by atoms with Gasteiger partial charge in [0.2, 0.25) is 5.13 Å². The molecule has 0 aliphatic heterocycles. The van der Waals surface area contributed by atoms with Crippen LogP contribution in [0.4, 0.5) is 62.2 Å². The molecule has 0 aliphatic rings. The molecule has 0 atom stereocenters. The van der Waals surface area contributed by atoms with Crippen LogP contribution in [0.15, 0.2) is 0 Å². The quantitative estimate of drug-likeness (QED) is 0.527. The minimum absolute atomic E-state index is 0.0158. The third kappa shape index (κ3) is 3.77. The zero-order chi connectivity index (χ0) is 24.1. The van der Waals surface area contributed by atoms with Crippen molar-refractivity contribution in [1.82, 2.24) is 10.2 Å². The molecule has 0 radical (unpaired) electrons. The lowest BCUT2D eigenvalue weighted by Gasteiger charge is -2.39. The van der Waals surface area contributed by atoms with Gasteiger partial charge in [0.05, 0.1) is 0 Å². The van der Waals surface area contributed by atoms with Gasteiger partial charge in [-0.05, 0) is 0 Å². The van der Waals surface area contributed by atoms with Crippen LogP contribution in [0.25, 0.3) is 0 Å². The molecule has 1 rings (SSSR count). The number of carbonyl (C=O) groups excluding carboxylic acids is 1. The van der Waals surface area contributed by atoms with E-state index in [1.165, 1.54) is 13.8 Å². The topological polar surface area (TPSA) is 54.9 Å². The lowest BCUT2D eigenvalue weighted by atomic mass is 9.93. The summed E-state index contributed by atoms with van der Waals surface area (Å²) in [6.45, 7) is 2.94. The van der Waals surface area contributed by atoms with Crippen molar-refractivity contribution in [3.8, 4) is 0 Å². The highest BCUT2D eigenvalue weighted by Gasteiger charge is 2.91. The molecule has 0 saturated carbocycles. The number of hydrogen-bond acceptors (Lipinski definition) is 4. The lowest BCUT2D eigenvalue weighted by molar-refractivity contribution is -0.435. The number of amides is 1. The third-order valence-corrected chi connectivity index (χ3v) is 4.51. The normalized spacial score (nSPS) is 14.9. The van der Waals surface area contributed by atoms with Crippen molar-refractivity contribution in [2.24, 2.45) is 0 Å². The fourth-order valence-corrected chi connectivity index (χ4v) is 2.35. The van der Waals surface area contributed by atoms with Crippen molar-refractivity contribution in [2.75, 3.05) is 5.32 Å². The van der Waals surface area contributed by atoms with E-state index in [9.17, 15) is 61.9 Å². The van der Waals surface area contributed by atoms with E-state index < -0.39 is 52.7 Å². The second-order valence-electron chi connectivity index (χ2n) is 5.92. The average molecular weight is 489 g/mol. The fourth-order valence-electron chi connectivity index (χ4n) is 1.61. The standard InChI is InChI=1S/C12H8F13N3OS/c1-3(2)4-27-28-6(30-4)26-5(29)7(13,14)8(15,16)9(17,18)10(19,20)11(21,22)12(23,24)25/h3H,1-2H3,(H,26,28,29). The SMILES string of the molecule is CC(C)c1nnc(NC(=O)C(F)(F)C(F)(F)C(F)(F)C(F)(F)C(F)(F)C(F)(F)F)s1. The maximum absolute atomic E-state index is 13.6. The molecule has 0 aliphatic carbocycles. The molecule has 0 bridgehead atoms. The summed E-state index contributed by atoms with van der Waals surface area (Å²) in [6, 6.07) is 0. The van der Waals surface area contributed by atoms with Gasteiger partial charge in [0, 0.05) is 5.92 Å². The first-order valence-corrected chi connectivity index (χ1v) is 7.98. The average Bonchev–Trinajstić information content (AvgIpc) is 3.01. The molecule has 0 fully saturated rings. The summed E-state index contributed by atoms with van der Waals surface area (Å²) in [5.74, 6) is -42.4. The first-order valence-electron chi connectivity index (χ1n) is 7.16. The van der Waals surface area contributed by atoms with E-state index in [4.69, 9.17) is 0 Å². The minimum atomic E-state index is -8.07. The number of carbonyl (C=O) groups is 1. The lowest BCUT2D eigenvalue weighted by Crippen LogP contribution is -2.71. The predicted molar refractivity (Wildman–Crippen MR) is 73.4 cm³/mol. The highest BCUT2D eigenvalue weighted by molar-refractivity contribution is 7.15. The molecule has 1 heterocycles. The summed E-state index contributed by atoms with van der Waals surface area (Å²) in [7, 11) is 0. The van der Waals surface area contributed by atoms with Gasteiger partial charge in [0.25, 0.3) is 0 Å². The number of alkyl halides is 13. The maximum Gasteiger partial charge on any atom is 0.460 e. The molecule has 0 saturated heterocycles. The smallest absolute Gasteiger partial charge is 0.295 e. The molecule has 1 aromatic rings. The number of halogens is 13. The van der Waals surface area contributed by atoms with Gasteiger partial charge >= 0.3 is 41.7 Å². The van der Waals surface area contributed by atoms with E-state index in [0.29, 0.717) is 0 Å². The van der Waals surface area contributed by atoms with Gasteiger partial charge in [0.15, 0.2) is 0 Å². The van der Waals surface area contributed by atoms with Gasteiger partial charge in [-0.3, -0.25) is 10.1 Å². The van der Waals surface area contributed by atoms with Crippen LogP contribution in [0.1, 0.15) is 24.8 Å². The molecule has 0 aromatic carbocycles. The first kappa shape index (κ1) is 26.2. The predicted octanol–water partition coefficient (Wildman–Crippen LogP) is 5.34. The monoisotopic (exact) mass is 489 g/mol. The van der Waals surface area contributed by atoms with Crippen LogP contribution < -0.4 is 5.32 Å². The second-order valence-corrected chi connectivity index (χ2v) is 6.93. The van der Waals surface area contributed by atoms with Gasteiger partial charge < -0.3 is 0 Å². The molecular weight excluding hydrogens is 481 g/mol. The molecule has 1 aromatic heterocycles. The summed E-state index contributed by atoms with van der Waals surface area (Å²) in [6.07, 6.45) is -7.52. The number of aromatic nitrogens is 2. The Balaban J connectivity index is 3.35. The van der Waals surface area contributed by atoms with E-state index in [2.05, 4.69) is 10.2 Å². The Bertz CT molecular complexity index is 787. The molecular formula is C12H8F13N3OS. The maximum atomic E-state index is 13.6. The number of nitrogens with one attached hydrogen (secondary N) is 1. The summed E-state index contributed by atoms with van der Waals surface area (Å²) in [4.78, 5) is 11.3. The summed E-state index contributed by atoms with van der Waals surface area (Å²) < 4.78 is 168. The van der Waals surface area contributed by atoms with Crippen molar-refractivity contribution in [2.45, 2.75) is 55.6 Å². The summed E-state index contributed by atoms with van der Waals surface area (Å²) in [5.41, 5.74) is 0. The zero-order valence-electron chi connectivity index (χ0n) is 14.2. The fraction of sp³-hybridized carbons (Fsp3) is 0.750. The van der Waals surface area contributed by atoms with Crippen LogP contribution in [0.5, 0.6) is 0 Å². The van der Waals surface area contributed by atoms with Crippen LogP contribution >= 0.6 is 11.3 Å². The molecule has 30 heavy (non-hydrogen) atoms. The van der Waals surface area contributed by atoms with Crippen LogP contribution in [0.3, 0.4) is 0 Å². The van der Waals surface area contributed by atoms with Crippen molar-refractivity contribution in [3.05, 3.63) is 5.01 Å². The van der Waals surface area contributed by atoms with Gasteiger partial charge in [-0.25, -0.2) is 0 Å². The van der Waals surface area contributed by atoms with Crippen molar-refractivity contribution in [3.63, 3.8) is 0 Å². The number of anilines is 1. The van der Waals surface area contributed by atoms with Crippen LogP contribution in [-0.4, -0.2) is 51.9 Å². The molecule has 1 N–H and O–H groups in total. The Morgan fingerprint density at radius 2 is 1.20 bits per heavy atom. The zero-order valence-corrected chi connectivity index (χ0v) is 15.0. The Labute approximate surface area is 161 Å². The second kappa shape index (κ2) is 7.37. The molecule has 174 valence electrons. The highest BCUT2D eigenvalue weighted by atomic mass is 32.1. The van der Waals surface area contributed by atoms with Crippen molar-refractivity contribution in [1.29, 1.82) is 0 Å². The summed E-state index contributed by atoms with van der Waals surface area (Å²) in [5, 5.41) is 6.17. The molecule has 0 unspecified atom stereocenters. The first-order chi connectivity index (χ1) is 13.1. The highest BCUT2D eigenvalue weighted by Crippen LogP contribution is 2.60. The Hall–Kier alpha value is -1.88. The Kier molecular flexibility index (Phi) is 6.42. The van der Waals surface area contributed by atoms with Gasteiger partial charge in [-0.2, -0.15) is 57.1 Å². The molecule has 1 amide bonds. The van der Waals surface area contributed by atoms with Crippen molar-refractivity contribution >= 4 is 22.4 Å².